The van der Waals surface area contributed by atoms with Crippen LogP contribution in [0.2, 0.25) is 0 Å². The monoisotopic (exact) mass is 443 g/mol. The highest BCUT2D eigenvalue weighted by Gasteiger charge is 2.35. The maximum absolute atomic E-state index is 13.4. The van der Waals surface area contributed by atoms with E-state index in [1.54, 1.807) is 14.2 Å². The lowest BCUT2D eigenvalue weighted by atomic mass is 9.86. The highest BCUT2D eigenvalue weighted by molar-refractivity contribution is 5.74. The summed E-state index contributed by atoms with van der Waals surface area (Å²) in [6, 6.07) is 10.4. The summed E-state index contributed by atoms with van der Waals surface area (Å²) < 4.78 is 24.5. The Labute approximate surface area is 190 Å². The first kappa shape index (κ1) is 23.9. The molecule has 2 atom stereocenters. The fourth-order valence-electron chi connectivity index (χ4n) is 4.38. The van der Waals surface area contributed by atoms with Crippen LogP contribution < -0.4 is 20.1 Å². The number of carbonyl (C=O) groups excluding carboxylic acids is 1. The number of nitrogens with zero attached hydrogens (tertiary/aromatic N) is 1. The zero-order chi connectivity index (χ0) is 23.3. The molecule has 0 saturated carbocycles. The smallest absolute Gasteiger partial charge is 0.315 e. The van der Waals surface area contributed by atoms with E-state index in [1.165, 1.54) is 17.7 Å². The van der Waals surface area contributed by atoms with Gasteiger partial charge in [0.25, 0.3) is 0 Å². The Kier molecular flexibility index (Phi) is 7.96. The number of amides is 2. The van der Waals surface area contributed by atoms with Gasteiger partial charge in [-0.05, 0) is 67.6 Å². The number of halogens is 1. The molecule has 2 N–H and O–H groups in total. The van der Waals surface area contributed by atoms with E-state index in [0.717, 1.165) is 30.5 Å². The zero-order valence-corrected chi connectivity index (χ0v) is 19.6. The van der Waals surface area contributed by atoms with Gasteiger partial charge < -0.3 is 20.1 Å². The average molecular weight is 444 g/mol. The average Bonchev–Trinajstić information content (AvgIpc) is 2.77. The summed E-state index contributed by atoms with van der Waals surface area (Å²) >= 11 is 0. The van der Waals surface area contributed by atoms with Gasteiger partial charge in [-0.3, -0.25) is 4.90 Å². The second kappa shape index (κ2) is 10.7. The van der Waals surface area contributed by atoms with Gasteiger partial charge in [-0.25, -0.2) is 9.18 Å². The van der Waals surface area contributed by atoms with Gasteiger partial charge in [0.2, 0.25) is 0 Å². The summed E-state index contributed by atoms with van der Waals surface area (Å²) in [5.41, 5.74) is 3.34. The third kappa shape index (κ3) is 5.51. The highest BCUT2D eigenvalue weighted by Crippen LogP contribution is 2.40. The van der Waals surface area contributed by atoms with E-state index < -0.39 is 0 Å². The van der Waals surface area contributed by atoms with Gasteiger partial charge in [0, 0.05) is 19.1 Å². The van der Waals surface area contributed by atoms with Crippen molar-refractivity contribution in [1.29, 1.82) is 0 Å². The van der Waals surface area contributed by atoms with Crippen LogP contribution in [-0.4, -0.2) is 43.8 Å². The molecule has 0 bridgehead atoms. The van der Waals surface area contributed by atoms with Crippen LogP contribution in [0.15, 0.2) is 36.4 Å². The molecule has 0 unspecified atom stereocenters. The first-order valence-corrected chi connectivity index (χ1v) is 11.2. The van der Waals surface area contributed by atoms with E-state index in [-0.39, 0.29) is 30.0 Å². The Balaban J connectivity index is 1.99. The molecule has 2 amide bonds. The van der Waals surface area contributed by atoms with Crippen molar-refractivity contribution in [2.75, 3.05) is 20.8 Å². The number of nitrogens with one attached hydrogen (secondary N) is 2. The number of ether oxygens (including phenoxy) is 2. The first-order valence-electron chi connectivity index (χ1n) is 11.2. The number of carbonyl (C=O) groups is 1. The van der Waals surface area contributed by atoms with Crippen LogP contribution in [0.25, 0.3) is 0 Å². The second-order valence-electron chi connectivity index (χ2n) is 8.49. The van der Waals surface area contributed by atoms with Gasteiger partial charge in [0.05, 0.1) is 26.3 Å². The lowest BCUT2D eigenvalue weighted by molar-refractivity contribution is 0.135. The molecule has 0 aliphatic carbocycles. The Hall–Kier alpha value is -2.80. The second-order valence-corrected chi connectivity index (χ2v) is 8.49. The lowest BCUT2D eigenvalue weighted by Gasteiger charge is -2.42. The minimum atomic E-state index is -0.246. The molecule has 0 aromatic heterocycles. The Morgan fingerprint density at radius 2 is 1.78 bits per heavy atom. The number of urea groups is 1. The molecule has 1 heterocycles. The van der Waals surface area contributed by atoms with Gasteiger partial charge in [0.1, 0.15) is 5.82 Å². The molecule has 0 fully saturated rings. The summed E-state index contributed by atoms with van der Waals surface area (Å²) in [4.78, 5) is 14.9. The van der Waals surface area contributed by atoms with Crippen molar-refractivity contribution in [2.45, 2.75) is 58.3 Å². The van der Waals surface area contributed by atoms with Gasteiger partial charge in [-0.2, -0.15) is 0 Å². The minimum absolute atomic E-state index is 0.0471. The molecule has 2 aromatic carbocycles. The normalized spacial score (nSPS) is 16.9. The van der Waals surface area contributed by atoms with Crippen LogP contribution in [0.4, 0.5) is 9.18 Å². The van der Waals surface area contributed by atoms with Crippen molar-refractivity contribution in [3.63, 3.8) is 0 Å². The van der Waals surface area contributed by atoms with Crippen LogP contribution in [0.1, 0.15) is 49.9 Å². The van der Waals surface area contributed by atoms with Crippen LogP contribution in [0.3, 0.4) is 0 Å². The standard InChI is InChI=1S/C25H34FN3O3/c1-6-21(28-25(30)27-16(2)3)24-20-14-23(32-5)22(31-4)13-18(20)11-12-29(24)15-17-7-9-19(26)10-8-17/h7-10,13-14,16,21,24H,6,11-12,15H2,1-5H3,(H2,27,28,30)/t21-,24-/m1/s1. The lowest BCUT2D eigenvalue weighted by Crippen LogP contribution is -2.51. The maximum atomic E-state index is 13.4. The van der Waals surface area contributed by atoms with Crippen LogP contribution in [-0.2, 0) is 13.0 Å². The van der Waals surface area contributed by atoms with Crippen molar-refractivity contribution in [1.82, 2.24) is 15.5 Å². The molecule has 174 valence electrons. The fraction of sp³-hybridized carbons (Fsp3) is 0.480. The van der Waals surface area contributed by atoms with Gasteiger partial charge in [-0.15, -0.1) is 0 Å². The third-order valence-corrected chi connectivity index (χ3v) is 5.88. The van der Waals surface area contributed by atoms with E-state index in [0.29, 0.717) is 18.0 Å². The Morgan fingerprint density at radius 3 is 2.38 bits per heavy atom. The van der Waals surface area contributed by atoms with Crippen molar-refractivity contribution in [3.8, 4) is 11.5 Å². The number of methoxy groups -OCH3 is 2. The number of fused-ring (bicyclic) bond motifs is 1. The molecular formula is C25H34FN3O3. The third-order valence-electron chi connectivity index (χ3n) is 5.88. The highest BCUT2D eigenvalue weighted by atomic mass is 19.1. The van der Waals surface area contributed by atoms with Crippen molar-refractivity contribution < 1.29 is 18.7 Å². The van der Waals surface area contributed by atoms with E-state index in [1.807, 2.05) is 38.1 Å². The van der Waals surface area contributed by atoms with Gasteiger partial charge in [0.15, 0.2) is 11.5 Å². The molecule has 1 aliphatic rings. The first-order chi connectivity index (χ1) is 15.4. The number of hydrogen-bond acceptors (Lipinski definition) is 4. The molecule has 0 radical (unpaired) electrons. The van der Waals surface area contributed by atoms with Gasteiger partial charge in [-0.1, -0.05) is 19.1 Å². The Morgan fingerprint density at radius 1 is 1.12 bits per heavy atom. The molecule has 6 nitrogen and oxygen atoms in total. The summed E-state index contributed by atoms with van der Waals surface area (Å²) in [7, 11) is 3.27. The molecule has 1 aliphatic heterocycles. The van der Waals surface area contributed by atoms with E-state index >= 15 is 0 Å². The molecule has 2 aromatic rings. The van der Waals surface area contributed by atoms with Crippen molar-refractivity contribution in [2.24, 2.45) is 0 Å². The predicted molar refractivity (Wildman–Crippen MR) is 124 cm³/mol. The summed E-state index contributed by atoms with van der Waals surface area (Å²) in [5, 5.41) is 6.10. The summed E-state index contributed by atoms with van der Waals surface area (Å²) in [5.74, 6) is 1.13. The van der Waals surface area contributed by atoms with E-state index in [4.69, 9.17) is 9.47 Å². The molecule has 7 heteroatoms. The molecular weight excluding hydrogens is 409 g/mol. The molecule has 3 rings (SSSR count). The number of rotatable bonds is 8. The quantitative estimate of drug-likeness (QED) is 0.634. The van der Waals surface area contributed by atoms with Crippen molar-refractivity contribution >= 4 is 6.03 Å². The Bertz CT molecular complexity index is 917. The van der Waals surface area contributed by atoms with Crippen molar-refractivity contribution in [3.05, 3.63) is 58.9 Å². The van der Waals surface area contributed by atoms with Crippen LogP contribution in [0.5, 0.6) is 11.5 Å². The minimum Gasteiger partial charge on any atom is -0.493 e. The van der Waals surface area contributed by atoms with E-state index in [2.05, 4.69) is 22.5 Å². The largest absolute Gasteiger partial charge is 0.493 e. The van der Waals surface area contributed by atoms with Crippen LogP contribution >= 0.6 is 0 Å². The molecule has 32 heavy (non-hydrogen) atoms. The fourth-order valence-corrected chi connectivity index (χ4v) is 4.38. The molecule has 0 saturated heterocycles. The number of hydrogen-bond donors (Lipinski definition) is 2. The topological polar surface area (TPSA) is 62.8 Å². The summed E-state index contributed by atoms with van der Waals surface area (Å²) in [6.45, 7) is 7.42. The van der Waals surface area contributed by atoms with Gasteiger partial charge >= 0.3 is 6.03 Å². The maximum Gasteiger partial charge on any atom is 0.315 e. The SMILES string of the molecule is CC[C@@H](NC(=O)NC(C)C)[C@H]1c2cc(OC)c(OC)cc2CCN1Cc1ccc(F)cc1. The predicted octanol–water partition coefficient (Wildman–Crippen LogP) is 4.43. The van der Waals surface area contributed by atoms with E-state index in [9.17, 15) is 9.18 Å². The zero-order valence-electron chi connectivity index (χ0n) is 19.6. The summed E-state index contributed by atoms with van der Waals surface area (Å²) in [6.07, 6.45) is 1.60. The number of benzene rings is 2. The van der Waals surface area contributed by atoms with Crippen LogP contribution in [0, 0.1) is 5.82 Å². The molecule has 0 spiro atoms.